The minimum absolute atomic E-state index is 0.124. The highest BCUT2D eigenvalue weighted by Crippen LogP contribution is 2.47. The lowest BCUT2D eigenvalue weighted by atomic mass is 9.75. The Labute approximate surface area is 234 Å². The van der Waals surface area contributed by atoms with Crippen LogP contribution in [0.2, 0.25) is 5.02 Å². The predicted octanol–water partition coefficient (Wildman–Crippen LogP) is 5.90. The molecule has 0 unspecified atom stereocenters. The SMILES string of the molecule is CCCCc1c[nH]c2c(Cl)cc3c(c12)[C@@H](C1CCN(C(=O)Cc2cc[n+]([O-])cc2)CC1)c1ncccc1CC3. The van der Waals surface area contributed by atoms with Crippen LogP contribution < -0.4 is 4.73 Å². The van der Waals surface area contributed by atoms with E-state index in [1.807, 2.05) is 11.1 Å². The number of piperidine rings is 1. The number of carbonyl (C=O) groups excluding carboxylic acids is 1. The van der Waals surface area contributed by atoms with E-state index in [1.54, 1.807) is 12.1 Å². The molecule has 6 nitrogen and oxygen atoms in total. The van der Waals surface area contributed by atoms with Gasteiger partial charge in [-0.05, 0) is 84.4 Å². The number of halogens is 1. The van der Waals surface area contributed by atoms with E-state index >= 15 is 0 Å². The lowest BCUT2D eigenvalue weighted by Gasteiger charge is -2.37. The lowest BCUT2D eigenvalue weighted by Crippen LogP contribution is -2.41. The van der Waals surface area contributed by atoms with Crippen LogP contribution in [0.1, 0.15) is 72.0 Å². The van der Waals surface area contributed by atoms with Gasteiger partial charge in [0.15, 0.2) is 12.4 Å². The number of aromatic amines is 1. The summed E-state index contributed by atoms with van der Waals surface area (Å²) in [5.41, 5.74) is 8.53. The van der Waals surface area contributed by atoms with Crippen LogP contribution in [-0.4, -0.2) is 33.9 Å². The van der Waals surface area contributed by atoms with Gasteiger partial charge in [0.05, 0.1) is 22.7 Å². The molecule has 1 aromatic carbocycles. The summed E-state index contributed by atoms with van der Waals surface area (Å²) in [5.74, 6) is 0.682. The van der Waals surface area contributed by atoms with Crippen LogP contribution in [0, 0.1) is 11.1 Å². The minimum Gasteiger partial charge on any atom is -0.619 e. The molecule has 39 heavy (non-hydrogen) atoms. The lowest BCUT2D eigenvalue weighted by molar-refractivity contribution is -0.605. The highest BCUT2D eigenvalue weighted by atomic mass is 35.5. The Morgan fingerprint density at radius 2 is 1.95 bits per heavy atom. The summed E-state index contributed by atoms with van der Waals surface area (Å²) in [4.78, 5) is 23.6. The highest BCUT2D eigenvalue weighted by molar-refractivity contribution is 6.35. The summed E-state index contributed by atoms with van der Waals surface area (Å²) in [6, 6.07) is 9.93. The molecule has 1 saturated heterocycles. The number of hydrogen-bond donors (Lipinski definition) is 1. The standard InChI is InChI=1S/C32H35ClN4O2/c1-2-3-5-25-20-35-32-26(33)19-24-8-7-23-6-4-13-34-31(23)29(28(24)30(25)32)22-11-14-36(15-12-22)27(38)18-21-9-16-37(39)17-10-21/h4,6,9-10,13,16-17,19-20,22,29,35H,2-3,5,7-8,11-12,14-15,18H2,1H3/t29-/m1/s1. The molecule has 1 N–H and O–H groups in total. The molecule has 202 valence electrons. The number of H-pyrrole nitrogens is 1. The number of hydrogen-bond acceptors (Lipinski definition) is 3. The van der Waals surface area contributed by atoms with Gasteiger partial charge in [-0.1, -0.05) is 31.0 Å². The van der Waals surface area contributed by atoms with Crippen molar-refractivity contribution in [3.63, 3.8) is 0 Å². The van der Waals surface area contributed by atoms with Crippen LogP contribution in [0.4, 0.5) is 0 Å². The van der Waals surface area contributed by atoms with Crippen LogP contribution in [0.5, 0.6) is 0 Å². The van der Waals surface area contributed by atoms with Gasteiger partial charge in [-0.15, -0.1) is 0 Å². The summed E-state index contributed by atoms with van der Waals surface area (Å²) in [6.45, 7) is 3.70. The number of nitrogens with zero attached hydrogens (tertiary/aromatic N) is 3. The number of benzene rings is 1. The van der Waals surface area contributed by atoms with E-state index in [4.69, 9.17) is 16.6 Å². The van der Waals surface area contributed by atoms with E-state index < -0.39 is 0 Å². The second-order valence-corrected chi connectivity index (χ2v) is 11.5. The van der Waals surface area contributed by atoms with Gasteiger partial charge in [-0.25, -0.2) is 0 Å². The fourth-order valence-corrected chi connectivity index (χ4v) is 6.97. The van der Waals surface area contributed by atoms with E-state index in [-0.39, 0.29) is 11.8 Å². The van der Waals surface area contributed by atoms with E-state index in [0.717, 1.165) is 78.9 Å². The molecule has 0 spiro atoms. The summed E-state index contributed by atoms with van der Waals surface area (Å²) in [7, 11) is 0. The van der Waals surface area contributed by atoms with E-state index in [2.05, 4.69) is 36.3 Å². The number of likely N-dealkylation sites (tertiary alicyclic amines) is 1. The van der Waals surface area contributed by atoms with E-state index in [9.17, 15) is 10.0 Å². The Kier molecular flexibility index (Phi) is 7.30. The Bertz CT molecular complexity index is 1490. The molecule has 3 aromatic heterocycles. The summed E-state index contributed by atoms with van der Waals surface area (Å²) >= 11 is 6.86. The molecule has 0 saturated carbocycles. The van der Waals surface area contributed by atoms with Crippen molar-refractivity contribution in [2.45, 2.75) is 64.2 Å². The molecule has 1 fully saturated rings. The molecule has 1 amide bonds. The molecule has 2 aliphatic rings. The zero-order valence-corrected chi connectivity index (χ0v) is 23.2. The zero-order chi connectivity index (χ0) is 26.9. The molecule has 4 heterocycles. The van der Waals surface area contributed by atoms with Crippen molar-refractivity contribution in [3.8, 4) is 0 Å². The second kappa shape index (κ2) is 11.0. The van der Waals surface area contributed by atoms with E-state index in [1.165, 1.54) is 45.7 Å². The number of fused-ring (bicyclic) bond motifs is 4. The number of carbonyl (C=O) groups is 1. The number of unbranched alkanes of at least 4 members (excludes halogenated alkanes) is 1. The molecule has 7 heteroatoms. The van der Waals surface area contributed by atoms with Gasteiger partial charge in [0.25, 0.3) is 0 Å². The van der Waals surface area contributed by atoms with Gasteiger partial charge in [0, 0.05) is 48.9 Å². The highest BCUT2D eigenvalue weighted by Gasteiger charge is 2.37. The van der Waals surface area contributed by atoms with Gasteiger partial charge in [-0.2, -0.15) is 4.73 Å². The maximum atomic E-state index is 13.1. The number of aryl methyl sites for hydroxylation is 3. The first kappa shape index (κ1) is 25.9. The zero-order valence-electron chi connectivity index (χ0n) is 22.5. The summed E-state index contributed by atoms with van der Waals surface area (Å²) in [5, 5.41) is 13.5. The average molecular weight is 543 g/mol. The second-order valence-electron chi connectivity index (χ2n) is 11.1. The first-order valence-electron chi connectivity index (χ1n) is 14.2. The van der Waals surface area contributed by atoms with Crippen molar-refractivity contribution in [3.05, 3.63) is 98.9 Å². The maximum absolute atomic E-state index is 13.1. The fraction of sp³-hybridized carbons (Fsp3) is 0.406. The average Bonchev–Trinajstić information content (AvgIpc) is 3.31. The van der Waals surface area contributed by atoms with Crippen molar-refractivity contribution in [2.24, 2.45) is 5.92 Å². The normalized spacial score (nSPS) is 17.6. The van der Waals surface area contributed by atoms with Crippen molar-refractivity contribution in [1.29, 1.82) is 0 Å². The number of aromatic nitrogens is 3. The van der Waals surface area contributed by atoms with Crippen LogP contribution >= 0.6 is 11.6 Å². The first-order valence-corrected chi connectivity index (χ1v) is 14.6. The molecule has 4 aromatic rings. The molecule has 1 aliphatic heterocycles. The largest absolute Gasteiger partial charge is 0.619 e. The topological polar surface area (TPSA) is 75.9 Å². The molecule has 1 aliphatic carbocycles. The molecular weight excluding hydrogens is 508 g/mol. The number of rotatable bonds is 6. The smallest absolute Gasteiger partial charge is 0.226 e. The van der Waals surface area contributed by atoms with Crippen LogP contribution in [0.15, 0.2) is 55.1 Å². The van der Waals surface area contributed by atoms with Crippen molar-refractivity contribution >= 4 is 28.4 Å². The molecule has 0 radical (unpaired) electrons. The monoisotopic (exact) mass is 542 g/mol. The predicted molar refractivity (Wildman–Crippen MR) is 154 cm³/mol. The third kappa shape index (κ3) is 5.03. The molecule has 1 atom stereocenters. The van der Waals surface area contributed by atoms with Crippen molar-refractivity contribution in [2.75, 3.05) is 13.1 Å². The van der Waals surface area contributed by atoms with Crippen LogP contribution in [0.3, 0.4) is 0 Å². The Hall–Kier alpha value is -3.38. The third-order valence-corrected chi connectivity index (χ3v) is 9.00. The Balaban J connectivity index is 1.34. The van der Waals surface area contributed by atoms with Gasteiger partial charge in [-0.3, -0.25) is 9.78 Å². The number of pyridine rings is 2. The fourth-order valence-electron chi connectivity index (χ4n) is 6.69. The van der Waals surface area contributed by atoms with Gasteiger partial charge >= 0.3 is 0 Å². The molecular formula is C32H35ClN4O2. The molecule has 0 bridgehead atoms. The summed E-state index contributed by atoms with van der Waals surface area (Å²) in [6.07, 6.45) is 14.4. The minimum atomic E-state index is 0.124. The number of amides is 1. The van der Waals surface area contributed by atoms with Crippen molar-refractivity contribution < 1.29 is 9.52 Å². The van der Waals surface area contributed by atoms with E-state index in [0.29, 0.717) is 12.3 Å². The third-order valence-electron chi connectivity index (χ3n) is 8.70. The van der Waals surface area contributed by atoms with Crippen LogP contribution in [-0.2, 0) is 30.5 Å². The number of nitrogens with one attached hydrogen (secondary N) is 1. The van der Waals surface area contributed by atoms with Crippen LogP contribution in [0.25, 0.3) is 10.9 Å². The Morgan fingerprint density at radius 1 is 1.18 bits per heavy atom. The summed E-state index contributed by atoms with van der Waals surface area (Å²) < 4.78 is 0.748. The molecule has 6 rings (SSSR count). The quantitative estimate of drug-likeness (QED) is 0.243. The van der Waals surface area contributed by atoms with Gasteiger partial charge < -0.3 is 15.1 Å². The van der Waals surface area contributed by atoms with Crippen molar-refractivity contribution in [1.82, 2.24) is 14.9 Å². The first-order chi connectivity index (χ1) is 19.0. The van der Waals surface area contributed by atoms with Gasteiger partial charge in [0.2, 0.25) is 5.91 Å². The maximum Gasteiger partial charge on any atom is 0.226 e. The van der Waals surface area contributed by atoms with Gasteiger partial charge in [0.1, 0.15) is 0 Å². The Morgan fingerprint density at radius 3 is 2.72 bits per heavy atom.